The number of carbonyl (C=O) groups is 2. The van der Waals surface area contributed by atoms with Gasteiger partial charge in [-0.1, -0.05) is 0 Å². The van der Waals surface area contributed by atoms with Crippen molar-refractivity contribution in [2.45, 2.75) is 38.9 Å². The van der Waals surface area contributed by atoms with Crippen LogP contribution in [0.2, 0.25) is 0 Å². The monoisotopic (exact) mass is 377 g/mol. The van der Waals surface area contributed by atoms with Crippen molar-refractivity contribution in [3.05, 3.63) is 44.3 Å². The summed E-state index contributed by atoms with van der Waals surface area (Å²) in [7, 11) is 0. The van der Waals surface area contributed by atoms with Crippen LogP contribution in [0.4, 0.5) is 0 Å². The second-order valence-corrected chi connectivity index (χ2v) is 8.22. The van der Waals surface area contributed by atoms with E-state index >= 15 is 0 Å². The molecule has 7 heteroatoms. The maximum absolute atomic E-state index is 12.4. The summed E-state index contributed by atoms with van der Waals surface area (Å²) in [5.41, 5.74) is 1.91. The number of hydrogen-bond acceptors (Lipinski definition) is 5. The minimum atomic E-state index is -0.200. The van der Waals surface area contributed by atoms with Crippen molar-refractivity contribution < 1.29 is 9.59 Å². The van der Waals surface area contributed by atoms with E-state index in [9.17, 15) is 9.59 Å². The summed E-state index contributed by atoms with van der Waals surface area (Å²) < 4.78 is 0. The molecule has 3 rings (SSSR count). The molecule has 1 aliphatic heterocycles. The molecule has 1 aliphatic rings. The number of thiophene rings is 2. The summed E-state index contributed by atoms with van der Waals surface area (Å²) in [6.45, 7) is 5.95. The zero-order valence-electron chi connectivity index (χ0n) is 14.5. The Morgan fingerprint density at radius 3 is 2.84 bits per heavy atom. The highest BCUT2D eigenvalue weighted by molar-refractivity contribution is 7.10. The van der Waals surface area contributed by atoms with Crippen molar-refractivity contribution in [3.63, 3.8) is 0 Å². The van der Waals surface area contributed by atoms with E-state index in [0.717, 1.165) is 11.4 Å². The first-order chi connectivity index (χ1) is 12.1. The Hall–Kier alpha value is -1.70. The van der Waals surface area contributed by atoms with Crippen LogP contribution in [0, 0.1) is 6.92 Å². The van der Waals surface area contributed by atoms with Gasteiger partial charge in [-0.05, 0) is 48.7 Å². The molecule has 3 heterocycles. The molecule has 0 spiro atoms. The topological polar surface area (TPSA) is 61.4 Å². The van der Waals surface area contributed by atoms with Crippen LogP contribution >= 0.6 is 22.7 Å². The van der Waals surface area contributed by atoms with E-state index in [4.69, 9.17) is 0 Å². The van der Waals surface area contributed by atoms with E-state index in [1.165, 1.54) is 5.56 Å². The fraction of sp³-hybridized carbons (Fsp3) is 0.444. The summed E-state index contributed by atoms with van der Waals surface area (Å²) in [6.07, 6.45) is 0.644. The molecule has 5 nitrogen and oxygen atoms in total. The van der Waals surface area contributed by atoms with Crippen molar-refractivity contribution >= 4 is 34.5 Å². The van der Waals surface area contributed by atoms with Crippen LogP contribution in [0.1, 0.15) is 34.1 Å². The molecule has 2 atom stereocenters. The smallest absolute Gasteiger partial charge is 0.252 e. The van der Waals surface area contributed by atoms with Gasteiger partial charge in [-0.2, -0.15) is 11.3 Å². The first kappa shape index (κ1) is 18.1. The molecule has 0 radical (unpaired) electrons. The first-order valence-electron chi connectivity index (χ1n) is 8.45. The molecule has 0 saturated carbocycles. The van der Waals surface area contributed by atoms with E-state index in [2.05, 4.69) is 27.0 Å². The summed E-state index contributed by atoms with van der Waals surface area (Å²) in [6, 6.07) is 3.77. The average Bonchev–Trinajstić information content (AvgIpc) is 3.30. The molecule has 2 aromatic rings. The molecule has 1 saturated heterocycles. The minimum absolute atomic E-state index is 0.0149. The third kappa shape index (κ3) is 4.48. The van der Waals surface area contributed by atoms with Gasteiger partial charge >= 0.3 is 0 Å². The number of nitrogens with zero attached hydrogens (tertiary/aromatic N) is 1. The van der Waals surface area contributed by atoms with Crippen LogP contribution in [0.15, 0.2) is 28.3 Å². The van der Waals surface area contributed by atoms with Crippen molar-refractivity contribution in [1.29, 1.82) is 0 Å². The Kier molecular flexibility index (Phi) is 5.88. The largest absolute Gasteiger partial charge is 0.355 e. The number of aryl methyl sites for hydroxylation is 1. The van der Waals surface area contributed by atoms with E-state index in [1.54, 1.807) is 22.7 Å². The van der Waals surface area contributed by atoms with Crippen molar-refractivity contribution in [3.8, 4) is 0 Å². The van der Waals surface area contributed by atoms with E-state index in [-0.39, 0.29) is 23.9 Å². The van der Waals surface area contributed by atoms with Crippen LogP contribution < -0.4 is 10.6 Å². The fourth-order valence-corrected chi connectivity index (χ4v) is 4.54. The number of likely N-dealkylation sites (tertiary alicyclic amines) is 1. The Morgan fingerprint density at radius 2 is 2.20 bits per heavy atom. The third-order valence-electron chi connectivity index (χ3n) is 4.35. The fourth-order valence-electron chi connectivity index (χ4n) is 3.20. The average molecular weight is 378 g/mol. The van der Waals surface area contributed by atoms with Crippen LogP contribution in [0.5, 0.6) is 0 Å². The lowest BCUT2D eigenvalue weighted by Crippen LogP contribution is -2.42. The Balaban J connectivity index is 1.67. The second kappa shape index (κ2) is 8.12. The van der Waals surface area contributed by atoms with Gasteiger partial charge in [0.15, 0.2) is 0 Å². The predicted molar refractivity (Wildman–Crippen MR) is 102 cm³/mol. The maximum atomic E-state index is 12.4. The van der Waals surface area contributed by atoms with E-state index in [1.807, 2.05) is 30.7 Å². The van der Waals surface area contributed by atoms with Crippen LogP contribution in [-0.4, -0.2) is 41.9 Å². The molecule has 1 fully saturated rings. The summed E-state index contributed by atoms with van der Waals surface area (Å²) in [5.74, 6) is -0.0118. The number of hydrogen-bond donors (Lipinski definition) is 2. The summed E-state index contributed by atoms with van der Waals surface area (Å²) >= 11 is 3.23. The number of rotatable bonds is 6. The van der Waals surface area contributed by atoms with Crippen molar-refractivity contribution in [2.75, 3.05) is 13.1 Å². The standard InChI is InChI=1S/C18H23N3O2S2/c1-3-19-18(23)16-7-15(9-21(16)8-13-4-5-24-10-13)20-17(22)14-6-12(2)25-11-14/h4-6,10-11,15-16H,3,7-9H2,1-2H3,(H,19,23)(H,20,22)/t15-,16+/m1/s1. The zero-order valence-corrected chi connectivity index (χ0v) is 16.1. The lowest BCUT2D eigenvalue weighted by atomic mass is 10.1. The molecule has 0 unspecified atom stereocenters. The molecule has 2 N–H and O–H groups in total. The zero-order chi connectivity index (χ0) is 17.8. The van der Waals surface area contributed by atoms with Gasteiger partial charge in [0.05, 0.1) is 11.6 Å². The predicted octanol–water partition coefficient (Wildman–Crippen LogP) is 2.63. The Morgan fingerprint density at radius 1 is 1.36 bits per heavy atom. The summed E-state index contributed by atoms with van der Waals surface area (Å²) in [4.78, 5) is 28.1. The lowest BCUT2D eigenvalue weighted by Gasteiger charge is -2.22. The second-order valence-electron chi connectivity index (χ2n) is 6.32. The van der Waals surface area contributed by atoms with Gasteiger partial charge in [0.1, 0.15) is 0 Å². The molecule has 0 aromatic carbocycles. The normalized spacial score (nSPS) is 20.6. The first-order valence-corrected chi connectivity index (χ1v) is 10.3. The molecular weight excluding hydrogens is 354 g/mol. The van der Waals surface area contributed by atoms with Crippen LogP contribution in [0.3, 0.4) is 0 Å². The number of likely N-dealkylation sites (N-methyl/N-ethyl adjacent to an activating group) is 1. The highest BCUT2D eigenvalue weighted by Gasteiger charge is 2.37. The van der Waals surface area contributed by atoms with Crippen LogP contribution in [0.25, 0.3) is 0 Å². The Bertz CT molecular complexity index is 727. The molecule has 2 amide bonds. The quantitative estimate of drug-likeness (QED) is 0.814. The van der Waals surface area contributed by atoms with E-state index in [0.29, 0.717) is 25.1 Å². The third-order valence-corrected chi connectivity index (χ3v) is 5.94. The number of amides is 2. The van der Waals surface area contributed by atoms with Crippen molar-refractivity contribution in [1.82, 2.24) is 15.5 Å². The van der Waals surface area contributed by atoms with Gasteiger partial charge in [-0.15, -0.1) is 11.3 Å². The number of nitrogens with one attached hydrogen (secondary N) is 2. The molecule has 2 aromatic heterocycles. The molecule has 134 valence electrons. The van der Waals surface area contributed by atoms with Gasteiger partial charge in [0.2, 0.25) is 5.91 Å². The lowest BCUT2D eigenvalue weighted by molar-refractivity contribution is -0.125. The number of carbonyl (C=O) groups excluding carboxylic acids is 2. The van der Waals surface area contributed by atoms with Gasteiger partial charge in [-0.3, -0.25) is 14.5 Å². The molecule has 0 aliphatic carbocycles. The maximum Gasteiger partial charge on any atom is 0.252 e. The van der Waals surface area contributed by atoms with Gasteiger partial charge in [0.25, 0.3) is 5.91 Å². The van der Waals surface area contributed by atoms with E-state index < -0.39 is 0 Å². The Labute approximate surface area is 156 Å². The summed E-state index contributed by atoms with van der Waals surface area (Å²) in [5, 5.41) is 12.0. The van der Waals surface area contributed by atoms with Gasteiger partial charge < -0.3 is 10.6 Å². The van der Waals surface area contributed by atoms with Crippen molar-refractivity contribution in [2.24, 2.45) is 0 Å². The highest BCUT2D eigenvalue weighted by Crippen LogP contribution is 2.23. The molecular formula is C18H23N3O2S2. The SMILES string of the molecule is CCNC(=O)[C@@H]1C[C@@H](NC(=O)c2csc(C)c2)CN1Cc1ccsc1. The minimum Gasteiger partial charge on any atom is -0.355 e. The van der Waals surface area contributed by atoms with Crippen LogP contribution in [-0.2, 0) is 11.3 Å². The van der Waals surface area contributed by atoms with Gasteiger partial charge in [0, 0.05) is 35.9 Å². The van der Waals surface area contributed by atoms with Gasteiger partial charge in [-0.25, -0.2) is 0 Å². The molecule has 25 heavy (non-hydrogen) atoms. The molecule has 0 bridgehead atoms. The highest BCUT2D eigenvalue weighted by atomic mass is 32.1.